The lowest BCUT2D eigenvalue weighted by Crippen LogP contribution is -2.53. The summed E-state index contributed by atoms with van der Waals surface area (Å²) in [5.74, 6) is -2.08. The number of nitrogens with two attached hydrogens (primary N) is 1. The normalized spacial score (nSPS) is 17.1. The molecule has 0 aromatic rings. The van der Waals surface area contributed by atoms with Gasteiger partial charge in [0, 0.05) is 0 Å². The second kappa shape index (κ2) is 9.31. The van der Waals surface area contributed by atoms with Gasteiger partial charge >= 0.3 is 0 Å². The standard InChI is InChI=1S/C10H21ClN3O4P/c1-3-4-7(12)9(15)14-8(5-11)10(16)13-6(2)19(17)18/h6-8,19H,3-5,12H2,1-2H3,(H,13,16)(H,14,15)(H,17,18)/t6?,7-,8-/m0/s1. The van der Waals surface area contributed by atoms with Crippen LogP contribution in [-0.4, -0.2) is 40.5 Å². The van der Waals surface area contributed by atoms with Crippen LogP contribution in [0.25, 0.3) is 0 Å². The van der Waals surface area contributed by atoms with E-state index in [1.807, 2.05) is 6.92 Å². The molecule has 5 N–H and O–H groups in total. The van der Waals surface area contributed by atoms with E-state index >= 15 is 0 Å². The van der Waals surface area contributed by atoms with Crippen LogP contribution in [0.15, 0.2) is 0 Å². The molecule has 112 valence electrons. The van der Waals surface area contributed by atoms with Gasteiger partial charge in [0.05, 0.1) is 11.9 Å². The van der Waals surface area contributed by atoms with Crippen LogP contribution in [0.5, 0.6) is 0 Å². The van der Waals surface area contributed by atoms with Crippen molar-refractivity contribution >= 4 is 31.4 Å². The van der Waals surface area contributed by atoms with E-state index < -0.39 is 37.7 Å². The lowest BCUT2D eigenvalue weighted by Gasteiger charge is -2.20. The van der Waals surface area contributed by atoms with Crippen molar-refractivity contribution in [3.8, 4) is 0 Å². The molecule has 0 aliphatic carbocycles. The van der Waals surface area contributed by atoms with Crippen LogP contribution in [-0.2, 0) is 14.2 Å². The Labute approximate surface area is 118 Å². The minimum atomic E-state index is -2.86. The first kappa shape index (κ1) is 18.4. The van der Waals surface area contributed by atoms with Crippen LogP contribution in [0.3, 0.4) is 0 Å². The Balaban J connectivity index is 4.45. The number of halogens is 1. The van der Waals surface area contributed by atoms with Crippen LogP contribution in [0, 0.1) is 0 Å². The van der Waals surface area contributed by atoms with Crippen LogP contribution in [0.4, 0.5) is 0 Å². The fourth-order valence-corrected chi connectivity index (χ4v) is 1.75. The highest BCUT2D eigenvalue weighted by Crippen LogP contribution is 2.18. The van der Waals surface area contributed by atoms with E-state index in [9.17, 15) is 14.2 Å². The highest BCUT2D eigenvalue weighted by Gasteiger charge is 2.24. The van der Waals surface area contributed by atoms with Crippen molar-refractivity contribution in [1.82, 2.24) is 10.6 Å². The second-order valence-corrected chi connectivity index (χ2v) is 6.03. The van der Waals surface area contributed by atoms with Crippen LogP contribution in [0.1, 0.15) is 26.7 Å². The summed E-state index contributed by atoms with van der Waals surface area (Å²) >= 11 is 5.60. The molecular weight excluding hydrogens is 293 g/mol. The van der Waals surface area contributed by atoms with Gasteiger partial charge in [-0.25, -0.2) is 0 Å². The van der Waals surface area contributed by atoms with Gasteiger partial charge in [-0.2, -0.15) is 0 Å². The van der Waals surface area contributed by atoms with Crippen molar-refractivity contribution in [2.75, 3.05) is 5.88 Å². The molecule has 0 aliphatic rings. The van der Waals surface area contributed by atoms with Gasteiger partial charge in [-0.05, 0) is 13.3 Å². The summed E-state index contributed by atoms with van der Waals surface area (Å²) in [7, 11) is -2.86. The molecule has 0 aromatic carbocycles. The maximum Gasteiger partial charge on any atom is 0.244 e. The monoisotopic (exact) mass is 313 g/mol. The molecule has 2 amide bonds. The third-order valence-electron chi connectivity index (χ3n) is 2.45. The molecule has 0 radical (unpaired) electrons. The van der Waals surface area contributed by atoms with E-state index in [1.165, 1.54) is 6.92 Å². The van der Waals surface area contributed by atoms with Crippen molar-refractivity contribution in [3.63, 3.8) is 0 Å². The van der Waals surface area contributed by atoms with Crippen molar-refractivity contribution in [2.24, 2.45) is 5.73 Å². The van der Waals surface area contributed by atoms with Gasteiger partial charge in [-0.15, -0.1) is 11.6 Å². The van der Waals surface area contributed by atoms with Crippen LogP contribution < -0.4 is 16.4 Å². The van der Waals surface area contributed by atoms with Gasteiger partial charge in [0.25, 0.3) is 0 Å². The van der Waals surface area contributed by atoms with Crippen molar-refractivity contribution in [3.05, 3.63) is 0 Å². The zero-order valence-electron chi connectivity index (χ0n) is 11.0. The van der Waals surface area contributed by atoms with E-state index in [2.05, 4.69) is 10.6 Å². The molecule has 7 nitrogen and oxygen atoms in total. The Hall–Kier alpha value is -0.620. The van der Waals surface area contributed by atoms with Crippen molar-refractivity contribution in [1.29, 1.82) is 0 Å². The summed E-state index contributed by atoms with van der Waals surface area (Å²) in [6.45, 7) is 3.29. The molecule has 4 atom stereocenters. The zero-order valence-corrected chi connectivity index (χ0v) is 12.7. The highest BCUT2D eigenvalue weighted by atomic mass is 35.5. The molecule has 0 rings (SSSR count). The summed E-state index contributed by atoms with van der Waals surface area (Å²) in [5.41, 5.74) is 5.61. The topological polar surface area (TPSA) is 122 Å². The molecule has 0 bridgehead atoms. The largest absolute Gasteiger partial charge is 0.345 e. The Morgan fingerprint density at radius 1 is 1.37 bits per heavy atom. The maximum absolute atomic E-state index is 11.7. The number of carbonyl (C=O) groups is 2. The van der Waals surface area contributed by atoms with Crippen molar-refractivity contribution < 1.29 is 19.0 Å². The first-order valence-corrected chi connectivity index (χ1v) is 7.95. The van der Waals surface area contributed by atoms with Gasteiger partial charge in [0.2, 0.25) is 19.8 Å². The first-order valence-electron chi connectivity index (χ1n) is 5.98. The van der Waals surface area contributed by atoms with E-state index in [-0.39, 0.29) is 5.88 Å². The Morgan fingerprint density at radius 3 is 2.37 bits per heavy atom. The predicted octanol–water partition coefficient (Wildman–Crippen LogP) is -0.233. The predicted molar refractivity (Wildman–Crippen MR) is 74.4 cm³/mol. The Kier molecular flexibility index (Phi) is 9.01. The van der Waals surface area contributed by atoms with E-state index in [4.69, 9.17) is 22.2 Å². The molecule has 0 saturated carbocycles. The fourth-order valence-electron chi connectivity index (χ4n) is 1.27. The highest BCUT2D eigenvalue weighted by molar-refractivity contribution is 7.38. The van der Waals surface area contributed by atoms with E-state index in [0.717, 1.165) is 6.42 Å². The van der Waals surface area contributed by atoms with Gasteiger partial charge in [-0.1, -0.05) is 13.3 Å². The van der Waals surface area contributed by atoms with E-state index in [0.29, 0.717) is 6.42 Å². The Morgan fingerprint density at radius 2 is 1.95 bits per heavy atom. The number of alkyl halides is 1. The molecule has 9 heteroatoms. The first-order chi connectivity index (χ1) is 8.83. The number of carbonyl (C=O) groups excluding carboxylic acids is 2. The number of rotatable bonds is 8. The maximum atomic E-state index is 11.7. The summed E-state index contributed by atoms with van der Waals surface area (Å²) in [4.78, 5) is 32.2. The van der Waals surface area contributed by atoms with Gasteiger partial charge < -0.3 is 21.3 Å². The molecule has 2 unspecified atom stereocenters. The summed E-state index contributed by atoms with van der Waals surface area (Å²) in [6.07, 6.45) is 1.25. The molecule has 0 saturated heterocycles. The average Bonchev–Trinajstić information content (AvgIpc) is 2.35. The average molecular weight is 314 g/mol. The smallest absolute Gasteiger partial charge is 0.244 e. The van der Waals surface area contributed by atoms with Gasteiger partial charge in [0.15, 0.2) is 0 Å². The molecule has 19 heavy (non-hydrogen) atoms. The molecule has 0 aromatic heterocycles. The zero-order chi connectivity index (χ0) is 15.0. The van der Waals surface area contributed by atoms with Gasteiger partial charge in [-0.3, -0.25) is 14.2 Å². The van der Waals surface area contributed by atoms with Gasteiger partial charge in [0.1, 0.15) is 11.8 Å². The summed E-state index contributed by atoms with van der Waals surface area (Å²) < 4.78 is 10.8. The molecule has 0 spiro atoms. The third-order valence-corrected chi connectivity index (χ3v) is 3.65. The fraction of sp³-hybridized carbons (Fsp3) is 0.800. The Bertz CT molecular complexity index is 343. The summed E-state index contributed by atoms with van der Waals surface area (Å²) in [6, 6.07) is -1.67. The SMILES string of the molecule is CCC[C@H](N)C(=O)N[C@@H](CCl)C(=O)NC(C)[PH](=O)O. The molecule has 0 heterocycles. The molecule has 0 aliphatic heterocycles. The molecule has 0 fully saturated rings. The van der Waals surface area contributed by atoms with Crippen LogP contribution >= 0.6 is 19.6 Å². The minimum Gasteiger partial charge on any atom is -0.345 e. The number of amides is 2. The number of nitrogens with one attached hydrogen (secondary N) is 2. The lowest BCUT2D eigenvalue weighted by atomic mass is 10.1. The lowest BCUT2D eigenvalue weighted by molar-refractivity contribution is -0.129. The van der Waals surface area contributed by atoms with Crippen LogP contribution in [0.2, 0.25) is 0 Å². The summed E-state index contributed by atoms with van der Waals surface area (Å²) in [5, 5.41) is 4.73. The third kappa shape index (κ3) is 6.92. The van der Waals surface area contributed by atoms with Crippen molar-refractivity contribution in [2.45, 2.75) is 44.6 Å². The van der Waals surface area contributed by atoms with E-state index in [1.54, 1.807) is 0 Å². The second-order valence-electron chi connectivity index (χ2n) is 4.18. The number of hydrogen-bond donors (Lipinski definition) is 4. The quantitative estimate of drug-likeness (QED) is 0.364. The molecular formula is C10H21ClN3O4P. The number of hydrogen-bond acceptors (Lipinski definition) is 4. The minimum absolute atomic E-state index is 0.143.